The van der Waals surface area contributed by atoms with Gasteiger partial charge < -0.3 is 10.5 Å². The molecular weight excluding hydrogens is 495 g/mol. The maximum Gasteiger partial charge on any atom is 0.307 e. The summed E-state index contributed by atoms with van der Waals surface area (Å²) in [4.78, 5) is 22.5. The second kappa shape index (κ2) is 14.6. The second-order valence-corrected chi connectivity index (χ2v) is 11.6. The number of hydrogen-bond acceptors (Lipinski definition) is 5. The van der Waals surface area contributed by atoms with E-state index < -0.39 is 21.8 Å². The molecule has 0 spiro atoms. The van der Waals surface area contributed by atoms with Crippen molar-refractivity contribution >= 4 is 45.9 Å². The Bertz CT molecular complexity index is 979. The van der Waals surface area contributed by atoms with E-state index in [1.165, 1.54) is 6.92 Å². The number of ketones is 1. The van der Waals surface area contributed by atoms with Crippen molar-refractivity contribution in [3.8, 4) is 0 Å². The Balaban J connectivity index is 0.000000380. The predicted octanol–water partition coefficient (Wildman–Crippen LogP) is 5.71. The SMILES string of the molecule is CC(=O)C[C@@H](N)c1cccc(Cl)c1.CCOC(=O)C[C@@H](N[S@@](=O)C(C)(C)C)c1cccc(Cl)c1. The van der Waals surface area contributed by atoms with Crippen LogP contribution >= 0.6 is 23.2 Å². The molecule has 0 unspecified atom stereocenters. The van der Waals surface area contributed by atoms with E-state index in [1.54, 1.807) is 37.3 Å². The molecule has 0 heterocycles. The molecule has 0 aliphatic heterocycles. The number of hydrogen-bond donors (Lipinski definition) is 2. The summed E-state index contributed by atoms with van der Waals surface area (Å²) < 4.78 is 19.8. The summed E-state index contributed by atoms with van der Waals surface area (Å²) in [6, 6.07) is 13.8. The van der Waals surface area contributed by atoms with Gasteiger partial charge in [-0.05, 0) is 70.0 Å². The second-order valence-electron chi connectivity index (χ2n) is 8.68. The highest BCUT2D eigenvalue weighted by Crippen LogP contribution is 2.23. The van der Waals surface area contributed by atoms with Gasteiger partial charge in [-0.15, -0.1) is 0 Å². The number of nitrogens with one attached hydrogen (secondary N) is 1. The highest BCUT2D eigenvalue weighted by molar-refractivity contribution is 7.84. The average Bonchev–Trinajstić information content (AvgIpc) is 2.72. The van der Waals surface area contributed by atoms with Gasteiger partial charge in [0.05, 0.1) is 34.8 Å². The standard InChI is InChI=1S/C15H22ClNO3S.C10H12ClNO/c1-5-20-14(18)10-13(17-21(19)15(2,3)4)11-7-6-8-12(16)9-11;1-7(13)5-10(12)8-3-2-4-9(11)6-8/h6-9,13,17H,5,10H2,1-4H3;2-4,6,10H,5,12H2,1H3/t13-,21+;10-/m11/s1. The summed E-state index contributed by atoms with van der Waals surface area (Å²) in [5.41, 5.74) is 7.50. The van der Waals surface area contributed by atoms with Crippen LogP contribution in [0.25, 0.3) is 0 Å². The minimum Gasteiger partial charge on any atom is -0.466 e. The summed E-state index contributed by atoms with van der Waals surface area (Å²) in [5, 5.41) is 1.22. The molecule has 0 aromatic heterocycles. The Kier molecular flexibility index (Phi) is 13.0. The van der Waals surface area contributed by atoms with Crippen molar-refractivity contribution < 1.29 is 18.5 Å². The van der Waals surface area contributed by atoms with Gasteiger partial charge in [-0.2, -0.15) is 0 Å². The van der Waals surface area contributed by atoms with Crippen LogP contribution in [0.5, 0.6) is 0 Å². The molecule has 2 aromatic rings. The van der Waals surface area contributed by atoms with E-state index in [-0.39, 0.29) is 24.2 Å². The quantitative estimate of drug-likeness (QED) is 0.406. The Hall–Kier alpha value is -1.77. The number of carbonyl (C=O) groups is 2. The predicted molar refractivity (Wildman–Crippen MR) is 140 cm³/mol. The minimum atomic E-state index is -1.30. The lowest BCUT2D eigenvalue weighted by Crippen LogP contribution is -2.36. The normalized spacial score (nSPS) is 13.8. The zero-order chi connectivity index (χ0) is 25.9. The number of rotatable bonds is 9. The Morgan fingerprint density at radius 2 is 1.56 bits per heavy atom. The topological polar surface area (TPSA) is 98.5 Å². The lowest BCUT2D eigenvalue weighted by atomic mass is 10.0. The smallest absolute Gasteiger partial charge is 0.307 e. The first-order chi connectivity index (χ1) is 15.8. The first-order valence-corrected chi connectivity index (χ1v) is 12.8. The number of carbonyl (C=O) groups excluding carboxylic acids is 2. The summed E-state index contributed by atoms with van der Waals surface area (Å²) in [6.45, 7) is 9.22. The molecule has 3 N–H and O–H groups in total. The first-order valence-electron chi connectivity index (χ1n) is 10.9. The van der Waals surface area contributed by atoms with Gasteiger partial charge in [0.1, 0.15) is 5.78 Å². The van der Waals surface area contributed by atoms with E-state index in [2.05, 4.69) is 4.72 Å². The summed E-state index contributed by atoms with van der Waals surface area (Å²) in [5.74, 6) is -0.242. The van der Waals surface area contributed by atoms with Gasteiger partial charge in [-0.1, -0.05) is 47.5 Å². The van der Waals surface area contributed by atoms with Crippen molar-refractivity contribution in [3.05, 3.63) is 69.7 Å². The Labute approximate surface area is 215 Å². The van der Waals surface area contributed by atoms with Crippen molar-refractivity contribution in [3.63, 3.8) is 0 Å². The highest BCUT2D eigenvalue weighted by atomic mass is 35.5. The van der Waals surface area contributed by atoms with Crippen LogP contribution in [-0.2, 0) is 25.3 Å². The molecule has 0 saturated carbocycles. The first kappa shape index (κ1) is 30.3. The van der Waals surface area contributed by atoms with E-state index in [9.17, 15) is 13.8 Å². The van der Waals surface area contributed by atoms with Crippen LogP contribution < -0.4 is 10.5 Å². The number of nitrogens with two attached hydrogens (primary N) is 1. The molecule has 6 nitrogen and oxygen atoms in total. The molecule has 3 atom stereocenters. The molecule has 2 aromatic carbocycles. The van der Waals surface area contributed by atoms with E-state index in [1.807, 2.05) is 39.0 Å². The van der Waals surface area contributed by atoms with Gasteiger partial charge in [0.25, 0.3) is 0 Å². The third kappa shape index (κ3) is 11.6. The molecular formula is C25H34Cl2N2O4S. The van der Waals surface area contributed by atoms with Gasteiger partial charge >= 0.3 is 5.97 Å². The van der Waals surface area contributed by atoms with Crippen molar-refractivity contribution in [1.29, 1.82) is 0 Å². The van der Waals surface area contributed by atoms with Crippen LogP contribution in [0.2, 0.25) is 10.0 Å². The van der Waals surface area contributed by atoms with Gasteiger partial charge in [0, 0.05) is 22.5 Å². The third-order valence-electron chi connectivity index (χ3n) is 4.52. The van der Waals surface area contributed by atoms with Crippen molar-refractivity contribution in [1.82, 2.24) is 4.72 Å². The molecule has 0 bridgehead atoms. The van der Waals surface area contributed by atoms with Crippen molar-refractivity contribution in [2.24, 2.45) is 5.73 Å². The number of esters is 1. The van der Waals surface area contributed by atoms with Gasteiger partial charge in [-0.3, -0.25) is 9.59 Å². The van der Waals surface area contributed by atoms with Crippen molar-refractivity contribution in [2.45, 2.75) is 64.3 Å². The fourth-order valence-electron chi connectivity index (χ4n) is 2.81. The van der Waals surface area contributed by atoms with Crippen LogP contribution in [0.3, 0.4) is 0 Å². The van der Waals surface area contributed by atoms with Crippen LogP contribution in [0, 0.1) is 0 Å². The Morgan fingerprint density at radius 1 is 1.03 bits per heavy atom. The maximum absolute atomic E-state index is 12.3. The lowest BCUT2D eigenvalue weighted by Gasteiger charge is -2.24. The van der Waals surface area contributed by atoms with E-state index in [0.717, 1.165) is 11.1 Å². The Morgan fingerprint density at radius 3 is 2.03 bits per heavy atom. The molecule has 34 heavy (non-hydrogen) atoms. The van der Waals surface area contributed by atoms with Gasteiger partial charge in [0.15, 0.2) is 0 Å². The molecule has 9 heteroatoms. The molecule has 0 fully saturated rings. The van der Waals surface area contributed by atoms with Gasteiger partial charge in [0.2, 0.25) is 0 Å². The zero-order valence-electron chi connectivity index (χ0n) is 20.3. The zero-order valence-corrected chi connectivity index (χ0v) is 22.6. The van der Waals surface area contributed by atoms with Crippen LogP contribution in [-0.4, -0.2) is 27.3 Å². The van der Waals surface area contributed by atoms with Gasteiger partial charge in [-0.25, -0.2) is 8.93 Å². The minimum absolute atomic E-state index is 0.0903. The highest BCUT2D eigenvalue weighted by Gasteiger charge is 2.25. The molecule has 0 radical (unpaired) electrons. The average molecular weight is 530 g/mol. The molecule has 0 aliphatic carbocycles. The van der Waals surface area contributed by atoms with Crippen LogP contribution in [0.4, 0.5) is 0 Å². The number of ether oxygens (including phenoxy) is 1. The number of benzene rings is 2. The van der Waals surface area contributed by atoms with Crippen molar-refractivity contribution in [2.75, 3.05) is 6.61 Å². The summed E-state index contributed by atoms with van der Waals surface area (Å²) in [6.07, 6.45) is 0.469. The monoisotopic (exact) mass is 528 g/mol. The molecule has 2 rings (SSSR count). The maximum atomic E-state index is 12.3. The fraction of sp³-hybridized carbons (Fsp3) is 0.440. The van der Waals surface area contributed by atoms with E-state index >= 15 is 0 Å². The van der Waals surface area contributed by atoms with Crippen LogP contribution in [0.15, 0.2) is 48.5 Å². The number of Topliss-reactive ketones (excluding diaryl/α,β-unsaturated/α-hetero) is 1. The van der Waals surface area contributed by atoms with Crippen LogP contribution in [0.1, 0.15) is 70.7 Å². The summed E-state index contributed by atoms with van der Waals surface area (Å²) in [7, 11) is -1.30. The molecule has 0 amide bonds. The number of halogens is 2. The lowest BCUT2D eigenvalue weighted by molar-refractivity contribution is -0.143. The molecule has 188 valence electrons. The third-order valence-corrected chi connectivity index (χ3v) is 6.60. The molecule has 0 aliphatic rings. The summed E-state index contributed by atoms with van der Waals surface area (Å²) >= 11 is 11.8. The largest absolute Gasteiger partial charge is 0.466 e. The van der Waals surface area contributed by atoms with E-state index in [4.69, 9.17) is 33.7 Å². The van der Waals surface area contributed by atoms with E-state index in [0.29, 0.717) is 23.1 Å². The fourth-order valence-corrected chi connectivity index (χ4v) is 4.04. The molecule has 0 saturated heterocycles.